The maximum absolute atomic E-state index is 10.7. The lowest BCUT2D eigenvalue weighted by Crippen LogP contribution is -2.11. The van der Waals surface area contributed by atoms with Crippen LogP contribution in [-0.2, 0) is 0 Å². The van der Waals surface area contributed by atoms with Crippen molar-refractivity contribution in [2.24, 2.45) is 5.73 Å². The fourth-order valence-electron chi connectivity index (χ4n) is 1.02. The fraction of sp³-hybridized carbons (Fsp3) is 0.111. The highest BCUT2D eigenvalue weighted by molar-refractivity contribution is 5.94. The van der Waals surface area contributed by atoms with Gasteiger partial charge >= 0.3 is 0 Å². The number of amides is 1. The van der Waals surface area contributed by atoms with E-state index in [-0.39, 0.29) is 0 Å². The Labute approximate surface area is 70.2 Å². The number of aryl methyl sites for hydroxylation is 1. The van der Waals surface area contributed by atoms with Crippen molar-refractivity contribution in [3.8, 4) is 0 Å². The first-order valence-corrected chi connectivity index (χ1v) is 3.50. The summed E-state index contributed by atoms with van der Waals surface area (Å²) in [4.78, 5) is 21.1. The molecule has 2 N–H and O–H groups in total. The monoisotopic (exact) mass is 163 g/mol. The Hall–Kier alpha value is -1.64. The Kier molecular flexibility index (Phi) is 2.24. The van der Waals surface area contributed by atoms with Crippen molar-refractivity contribution in [1.29, 1.82) is 0 Å². The summed E-state index contributed by atoms with van der Waals surface area (Å²) in [5.41, 5.74) is 6.75. The van der Waals surface area contributed by atoms with Crippen LogP contribution in [0.1, 0.15) is 26.3 Å². The molecule has 0 aliphatic rings. The van der Waals surface area contributed by atoms with Gasteiger partial charge in [-0.3, -0.25) is 9.59 Å². The molecule has 0 bridgehead atoms. The first kappa shape index (κ1) is 8.46. The van der Waals surface area contributed by atoms with Gasteiger partial charge in [0.25, 0.3) is 0 Å². The smallest absolute Gasteiger partial charge is 0.248 e. The highest BCUT2D eigenvalue weighted by Crippen LogP contribution is 2.07. The highest BCUT2D eigenvalue weighted by Gasteiger charge is 2.02. The minimum absolute atomic E-state index is 0.372. The first-order chi connectivity index (χ1) is 5.63. The summed E-state index contributed by atoms with van der Waals surface area (Å²) in [6.07, 6.45) is 0.694. The number of nitrogens with two attached hydrogens (primary N) is 1. The molecule has 3 heteroatoms. The van der Waals surface area contributed by atoms with Gasteiger partial charge in [-0.25, -0.2) is 0 Å². The predicted octanol–water partition coefficient (Wildman–Crippen LogP) is 0.906. The molecule has 1 rings (SSSR count). The average molecular weight is 163 g/mol. The third-order valence-electron chi connectivity index (χ3n) is 1.52. The summed E-state index contributed by atoms with van der Waals surface area (Å²) in [5, 5.41) is 0. The molecule has 62 valence electrons. The van der Waals surface area contributed by atoms with Crippen molar-refractivity contribution < 1.29 is 9.59 Å². The Balaban J connectivity index is 3.23. The summed E-state index contributed by atoms with van der Waals surface area (Å²) in [7, 11) is 0. The van der Waals surface area contributed by atoms with E-state index in [1.54, 1.807) is 19.1 Å². The van der Waals surface area contributed by atoms with Crippen LogP contribution >= 0.6 is 0 Å². The van der Waals surface area contributed by atoms with Gasteiger partial charge in [0.15, 0.2) is 0 Å². The molecule has 0 unspecified atom stereocenters. The standard InChI is InChI=1S/C9H9NO2/c1-6-2-7(5-11)4-8(3-6)9(10)12/h2-5H,1H3,(H2,10,12). The summed E-state index contributed by atoms with van der Waals surface area (Å²) >= 11 is 0. The van der Waals surface area contributed by atoms with Gasteiger partial charge in [-0.15, -0.1) is 0 Å². The molecule has 0 spiro atoms. The van der Waals surface area contributed by atoms with Crippen LogP contribution in [0.25, 0.3) is 0 Å². The normalized spacial score (nSPS) is 9.42. The molecule has 1 amide bonds. The van der Waals surface area contributed by atoms with Gasteiger partial charge < -0.3 is 5.73 Å². The number of hydrogen-bond acceptors (Lipinski definition) is 2. The minimum Gasteiger partial charge on any atom is -0.366 e. The molecule has 0 aliphatic carbocycles. The van der Waals surface area contributed by atoms with Crippen molar-refractivity contribution in [1.82, 2.24) is 0 Å². The largest absolute Gasteiger partial charge is 0.366 e. The molecule has 0 aliphatic heterocycles. The second kappa shape index (κ2) is 3.17. The van der Waals surface area contributed by atoms with E-state index in [0.29, 0.717) is 17.4 Å². The molecular formula is C9H9NO2. The molecular weight excluding hydrogens is 154 g/mol. The number of rotatable bonds is 2. The quantitative estimate of drug-likeness (QED) is 0.658. The SMILES string of the molecule is Cc1cc(C=O)cc(C(N)=O)c1. The van der Waals surface area contributed by atoms with Crippen LogP contribution in [0.4, 0.5) is 0 Å². The van der Waals surface area contributed by atoms with Crippen LogP contribution in [0.2, 0.25) is 0 Å². The molecule has 0 heterocycles. The van der Waals surface area contributed by atoms with Crippen LogP contribution in [0, 0.1) is 6.92 Å². The maximum atomic E-state index is 10.7. The van der Waals surface area contributed by atoms with Gasteiger partial charge in [-0.1, -0.05) is 0 Å². The molecule has 3 nitrogen and oxygen atoms in total. The van der Waals surface area contributed by atoms with E-state index in [9.17, 15) is 9.59 Å². The highest BCUT2D eigenvalue weighted by atomic mass is 16.1. The molecule has 1 aromatic carbocycles. The molecule has 0 saturated heterocycles. The Bertz CT molecular complexity index is 331. The Morgan fingerprint density at radius 1 is 1.42 bits per heavy atom. The molecule has 1 aromatic rings. The van der Waals surface area contributed by atoms with E-state index in [2.05, 4.69) is 0 Å². The first-order valence-electron chi connectivity index (χ1n) is 3.50. The van der Waals surface area contributed by atoms with Gasteiger partial charge in [0.1, 0.15) is 6.29 Å². The van der Waals surface area contributed by atoms with Crippen molar-refractivity contribution in [3.63, 3.8) is 0 Å². The molecule has 0 radical (unpaired) electrons. The van der Waals surface area contributed by atoms with E-state index >= 15 is 0 Å². The summed E-state index contributed by atoms with van der Waals surface area (Å²) in [6.45, 7) is 1.80. The lowest BCUT2D eigenvalue weighted by Gasteiger charge is -1.98. The van der Waals surface area contributed by atoms with Crippen LogP contribution in [-0.4, -0.2) is 12.2 Å². The van der Waals surface area contributed by atoms with E-state index in [4.69, 9.17) is 5.73 Å². The van der Waals surface area contributed by atoms with E-state index < -0.39 is 5.91 Å². The number of hydrogen-bond donors (Lipinski definition) is 1. The average Bonchev–Trinajstić information content (AvgIpc) is 2.03. The summed E-state index contributed by atoms with van der Waals surface area (Å²) in [6, 6.07) is 4.82. The lowest BCUT2D eigenvalue weighted by molar-refractivity contribution is 0.1000. The second-order valence-electron chi connectivity index (χ2n) is 2.61. The van der Waals surface area contributed by atoms with E-state index in [0.717, 1.165) is 5.56 Å². The van der Waals surface area contributed by atoms with Crippen LogP contribution < -0.4 is 5.73 Å². The number of carbonyl (C=O) groups excluding carboxylic acids is 2. The zero-order valence-corrected chi connectivity index (χ0v) is 6.70. The van der Waals surface area contributed by atoms with Crippen molar-refractivity contribution in [2.45, 2.75) is 6.92 Å². The van der Waals surface area contributed by atoms with Gasteiger partial charge in [0, 0.05) is 11.1 Å². The zero-order valence-electron chi connectivity index (χ0n) is 6.70. The third-order valence-corrected chi connectivity index (χ3v) is 1.52. The van der Waals surface area contributed by atoms with Crippen LogP contribution in [0.15, 0.2) is 18.2 Å². The molecule has 0 fully saturated rings. The van der Waals surface area contributed by atoms with Gasteiger partial charge in [0.05, 0.1) is 0 Å². The van der Waals surface area contributed by atoms with Crippen LogP contribution in [0.5, 0.6) is 0 Å². The predicted molar refractivity (Wildman–Crippen MR) is 45.1 cm³/mol. The van der Waals surface area contributed by atoms with Crippen molar-refractivity contribution >= 4 is 12.2 Å². The molecule has 0 atom stereocenters. The number of primary amides is 1. The minimum atomic E-state index is -0.512. The van der Waals surface area contributed by atoms with Crippen molar-refractivity contribution in [3.05, 3.63) is 34.9 Å². The third kappa shape index (κ3) is 1.69. The summed E-state index contributed by atoms with van der Waals surface area (Å²) < 4.78 is 0. The maximum Gasteiger partial charge on any atom is 0.248 e. The summed E-state index contributed by atoms with van der Waals surface area (Å²) in [5.74, 6) is -0.512. The van der Waals surface area contributed by atoms with Gasteiger partial charge in [-0.2, -0.15) is 0 Å². The topological polar surface area (TPSA) is 60.2 Å². The van der Waals surface area contributed by atoms with Gasteiger partial charge in [-0.05, 0) is 30.7 Å². The van der Waals surface area contributed by atoms with E-state index in [1.807, 2.05) is 0 Å². The van der Waals surface area contributed by atoms with Crippen LogP contribution in [0.3, 0.4) is 0 Å². The fourth-order valence-corrected chi connectivity index (χ4v) is 1.02. The van der Waals surface area contributed by atoms with Gasteiger partial charge in [0.2, 0.25) is 5.91 Å². The number of benzene rings is 1. The number of aldehydes is 1. The Morgan fingerprint density at radius 2 is 2.08 bits per heavy atom. The van der Waals surface area contributed by atoms with E-state index in [1.165, 1.54) is 6.07 Å². The molecule has 0 saturated carbocycles. The second-order valence-corrected chi connectivity index (χ2v) is 2.61. The molecule has 12 heavy (non-hydrogen) atoms. The zero-order chi connectivity index (χ0) is 9.14. The molecule has 0 aromatic heterocycles. The number of carbonyl (C=O) groups is 2. The lowest BCUT2D eigenvalue weighted by atomic mass is 10.1. The Morgan fingerprint density at radius 3 is 2.58 bits per heavy atom. The van der Waals surface area contributed by atoms with Crippen molar-refractivity contribution in [2.75, 3.05) is 0 Å².